The van der Waals surface area contributed by atoms with Crippen LogP contribution in [0.25, 0.3) is 11.3 Å². The average molecular weight is 406 g/mol. The minimum Gasteiger partial charge on any atom is -0.484 e. The van der Waals surface area contributed by atoms with Crippen LogP contribution in [0.3, 0.4) is 0 Å². The summed E-state index contributed by atoms with van der Waals surface area (Å²) in [4.78, 5) is 22.4. The molecule has 1 heterocycles. The Hall–Kier alpha value is -3.82. The van der Waals surface area contributed by atoms with Crippen LogP contribution >= 0.6 is 0 Å². The molecule has 2 aromatic carbocycles. The summed E-state index contributed by atoms with van der Waals surface area (Å²) in [5.41, 5.74) is 0.824. The molecular formula is C19H13F3N2O5. The van der Waals surface area contributed by atoms with Gasteiger partial charge in [-0.1, -0.05) is 0 Å². The highest BCUT2D eigenvalue weighted by Crippen LogP contribution is 2.25. The van der Waals surface area contributed by atoms with Gasteiger partial charge in [0, 0.05) is 23.4 Å². The molecule has 3 rings (SSSR count). The number of benzene rings is 2. The predicted octanol–water partition coefficient (Wildman–Crippen LogP) is 5.05. The number of rotatable bonds is 6. The number of non-ortho nitro benzene ring substituents is 1. The Balaban J connectivity index is 1.63. The Labute approximate surface area is 161 Å². The number of carbonyl (C=O) groups is 1. The quantitative estimate of drug-likeness (QED) is 0.457. The van der Waals surface area contributed by atoms with Gasteiger partial charge in [-0.2, -0.15) is 13.2 Å². The highest BCUT2D eigenvalue weighted by Gasteiger charge is 2.28. The van der Waals surface area contributed by atoms with Crippen LogP contribution in [0.15, 0.2) is 65.1 Å². The van der Waals surface area contributed by atoms with Crippen molar-refractivity contribution in [1.82, 2.24) is 0 Å². The molecule has 0 saturated carbocycles. The van der Waals surface area contributed by atoms with E-state index in [-0.39, 0.29) is 17.2 Å². The van der Waals surface area contributed by atoms with Crippen LogP contribution in [0.1, 0.15) is 10.6 Å². The molecule has 1 N–H and O–H groups in total. The van der Waals surface area contributed by atoms with Gasteiger partial charge in [0.25, 0.3) is 11.6 Å². The van der Waals surface area contributed by atoms with E-state index >= 15 is 0 Å². The molecule has 0 unspecified atom stereocenters. The normalized spacial score (nSPS) is 11.1. The van der Waals surface area contributed by atoms with Gasteiger partial charge in [-0.25, -0.2) is 0 Å². The number of alkyl halides is 3. The summed E-state index contributed by atoms with van der Waals surface area (Å²) in [6.45, 7) is -1.41. The van der Waals surface area contributed by atoms with Gasteiger partial charge in [-0.3, -0.25) is 14.9 Å². The van der Waals surface area contributed by atoms with Gasteiger partial charge in [0.05, 0.1) is 4.92 Å². The van der Waals surface area contributed by atoms with E-state index in [9.17, 15) is 28.1 Å². The summed E-state index contributed by atoms with van der Waals surface area (Å²) in [7, 11) is 0. The number of halogens is 3. The number of nitrogens with zero attached hydrogens (tertiary/aromatic N) is 1. The van der Waals surface area contributed by atoms with E-state index in [0.29, 0.717) is 17.0 Å². The Morgan fingerprint density at radius 2 is 1.69 bits per heavy atom. The van der Waals surface area contributed by atoms with Gasteiger partial charge in [0.1, 0.15) is 11.5 Å². The van der Waals surface area contributed by atoms with E-state index in [1.165, 1.54) is 54.6 Å². The second kappa shape index (κ2) is 8.05. The van der Waals surface area contributed by atoms with Crippen LogP contribution in [0.5, 0.6) is 5.75 Å². The number of ether oxygens (including phenoxy) is 1. The van der Waals surface area contributed by atoms with Gasteiger partial charge in [-0.05, 0) is 48.5 Å². The van der Waals surface area contributed by atoms with Gasteiger partial charge in [0.2, 0.25) is 0 Å². The van der Waals surface area contributed by atoms with E-state index < -0.39 is 23.6 Å². The molecule has 0 bridgehead atoms. The summed E-state index contributed by atoms with van der Waals surface area (Å²) < 4.78 is 46.5. The number of hydrogen-bond acceptors (Lipinski definition) is 5. The number of amides is 1. The zero-order chi connectivity index (χ0) is 21.0. The molecule has 150 valence electrons. The van der Waals surface area contributed by atoms with Crippen molar-refractivity contribution in [1.29, 1.82) is 0 Å². The maximum atomic E-state index is 12.3. The van der Waals surface area contributed by atoms with Gasteiger partial charge < -0.3 is 14.5 Å². The zero-order valence-electron chi connectivity index (χ0n) is 14.6. The smallest absolute Gasteiger partial charge is 0.422 e. The first-order chi connectivity index (χ1) is 13.7. The molecule has 10 heteroatoms. The van der Waals surface area contributed by atoms with E-state index in [1.807, 2.05) is 0 Å². The van der Waals surface area contributed by atoms with Crippen molar-refractivity contribution >= 4 is 17.3 Å². The first-order valence-corrected chi connectivity index (χ1v) is 8.17. The van der Waals surface area contributed by atoms with Crippen molar-refractivity contribution in [3.63, 3.8) is 0 Å². The molecule has 0 aliphatic carbocycles. The number of anilines is 1. The van der Waals surface area contributed by atoms with Crippen molar-refractivity contribution in [3.8, 4) is 17.1 Å². The fraction of sp³-hybridized carbons (Fsp3) is 0.105. The first kappa shape index (κ1) is 19.9. The lowest BCUT2D eigenvalue weighted by molar-refractivity contribution is -0.384. The van der Waals surface area contributed by atoms with Gasteiger partial charge in [-0.15, -0.1) is 0 Å². The second-order valence-electron chi connectivity index (χ2n) is 5.85. The molecule has 7 nitrogen and oxygen atoms in total. The molecule has 0 fully saturated rings. The predicted molar refractivity (Wildman–Crippen MR) is 96.7 cm³/mol. The van der Waals surface area contributed by atoms with E-state index in [1.54, 1.807) is 6.07 Å². The minimum absolute atomic E-state index is 0.00393. The molecular weight excluding hydrogens is 393 g/mol. The summed E-state index contributed by atoms with van der Waals surface area (Å²) in [5.74, 6) is -0.211. The van der Waals surface area contributed by atoms with Crippen molar-refractivity contribution in [2.75, 3.05) is 11.9 Å². The topological polar surface area (TPSA) is 94.6 Å². The monoisotopic (exact) mass is 406 g/mol. The lowest BCUT2D eigenvalue weighted by atomic mass is 10.1. The molecule has 1 amide bonds. The van der Waals surface area contributed by atoms with E-state index in [2.05, 4.69) is 10.1 Å². The number of nitrogens with one attached hydrogen (secondary N) is 1. The molecule has 3 aromatic rings. The molecule has 29 heavy (non-hydrogen) atoms. The third kappa shape index (κ3) is 5.34. The third-order valence-electron chi connectivity index (χ3n) is 3.71. The van der Waals surface area contributed by atoms with Crippen LogP contribution in [0, 0.1) is 10.1 Å². The SMILES string of the molecule is O=C(Nc1ccc(OCC(F)(F)F)cc1)c1ccc(-c2ccc([N+](=O)[O-])cc2)o1. The molecule has 0 saturated heterocycles. The molecule has 0 aliphatic heterocycles. The molecule has 0 aliphatic rings. The van der Waals surface area contributed by atoms with E-state index in [4.69, 9.17) is 4.42 Å². The Morgan fingerprint density at radius 3 is 2.28 bits per heavy atom. The van der Waals surface area contributed by atoms with Crippen molar-refractivity contribution in [3.05, 3.63) is 76.5 Å². The van der Waals surface area contributed by atoms with Crippen LogP contribution in [0.2, 0.25) is 0 Å². The van der Waals surface area contributed by atoms with Crippen LogP contribution in [-0.2, 0) is 0 Å². The zero-order valence-corrected chi connectivity index (χ0v) is 14.6. The van der Waals surface area contributed by atoms with Crippen molar-refractivity contribution in [2.24, 2.45) is 0 Å². The summed E-state index contributed by atoms with van der Waals surface area (Å²) >= 11 is 0. The Bertz CT molecular complexity index is 1010. The maximum absolute atomic E-state index is 12.3. The first-order valence-electron chi connectivity index (χ1n) is 8.17. The molecule has 1 aromatic heterocycles. The molecule has 0 spiro atoms. The molecule has 0 atom stereocenters. The lowest BCUT2D eigenvalue weighted by Crippen LogP contribution is -2.19. The van der Waals surface area contributed by atoms with Crippen LogP contribution in [0.4, 0.5) is 24.5 Å². The summed E-state index contributed by atoms with van der Waals surface area (Å²) in [5, 5.41) is 13.2. The van der Waals surface area contributed by atoms with Crippen LogP contribution in [-0.4, -0.2) is 23.6 Å². The third-order valence-corrected chi connectivity index (χ3v) is 3.71. The highest BCUT2D eigenvalue weighted by atomic mass is 19.4. The lowest BCUT2D eigenvalue weighted by Gasteiger charge is -2.09. The fourth-order valence-electron chi connectivity index (χ4n) is 2.35. The Kier molecular flexibility index (Phi) is 5.53. The molecule has 0 radical (unpaired) electrons. The minimum atomic E-state index is -4.44. The van der Waals surface area contributed by atoms with Gasteiger partial charge >= 0.3 is 6.18 Å². The maximum Gasteiger partial charge on any atom is 0.422 e. The second-order valence-corrected chi connectivity index (χ2v) is 5.85. The summed E-state index contributed by atoms with van der Waals surface area (Å²) in [6.07, 6.45) is -4.44. The van der Waals surface area contributed by atoms with Crippen molar-refractivity contribution < 1.29 is 32.0 Å². The summed E-state index contributed by atoms with van der Waals surface area (Å²) in [6, 6.07) is 14.0. The largest absolute Gasteiger partial charge is 0.484 e. The Morgan fingerprint density at radius 1 is 1.03 bits per heavy atom. The standard InChI is InChI=1S/C19H13F3N2O5/c20-19(21,22)11-28-15-7-3-13(4-8-15)23-18(25)17-10-9-16(29-17)12-1-5-14(6-2-12)24(26)27/h1-10H,11H2,(H,23,25). The van der Waals surface area contributed by atoms with E-state index in [0.717, 1.165) is 0 Å². The van der Waals surface area contributed by atoms with Crippen molar-refractivity contribution in [2.45, 2.75) is 6.18 Å². The number of carbonyl (C=O) groups excluding carboxylic acids is 1. The number of hydrogen-bond donors (Lipinski definition) is 1. The highest BCUT2D eigenvalue weighted by molar-refractivity contribution is 6.02. The average Bonchev–Trinajstić information content (AvgIpc) is 3.17. The number of nitro groups is 1. The number of nitro benzene ring substituents is 1. The fourth-order valence-corrected chi connectivity index (χ4v) is 2.35. The van der Waals surface area contributed by atoms with Gasteiger partial charge in [0.15, 0.2) is 12.4 Å². The number of furan rings is 1. The van der Waals surface area contributed by atoms with Crippen LogP contribution < -0.4 is 10.1 Å².